The number of aromatic nitrogens is 4. The molecule has 2 heterocycles. The van der Waals surface area contributed by atoms with Gasteiger partial charge in [0.1, 0.15) is 11.3 Å². The Morgan fingerprint density at radius 2 is 2.00 bits per heavy atom. The van der Waals surface area contributed by atoms with Gasteiger partial charge < -0.3 is 4.57 Å². The van der Waals surface area contributed by atoms with E-state index in [1.54, 1.807) is 0 Å². The summed E-state index contributed by atoms with van der Waals surface area (Å²) < 4.78 is 4.11. The summed E-state index contributed by atoms with van der Waals surface area (Å²) in [6.45, 7) is 7.90. The van der Waals surface area contributed by atoms with Crippen LogP contribution in [0.5, 0.6) is 0 Å². The Morgan fingerprint density at radius 1 is 1.27 bits per heavy atom. The molecule has 0 saturated carbocycles. The molecule has 0 aromatic carbocycles. The second-order valence-electron chi connectivity index (χ2n) is 3.48. The van der Waals surface area contributed by atoms with Crippen molar-refractivity contribution in [1.29, 1.82) is 0 Å². The molecule has 2 aromatic heterocycles. The van der Waals surface area contributed by atoms with E-state index in [4.69, 9.17) is 11.6 Å². The zero-order valence-corrected chi connectivity index (χ0v) is 10.0. The molecule has 2 rings (SSSR count). The maximum absolute atomic E-state index is 5.87. The third-order valence-corrected chi connectivity index (χ3v) is 2.85. The van der Waals surface area contributed by atoms with Crippen LogP contribution in [0.3, 0.4) is 0 Å². The maximum atomic E-state index is 5.87. The average molecular weight is 227 g/mol. The molecule has 0 bridgehead atoms. The van der Waals surface area contributed by atoms with E-state index in [1.807, 2.05) is 11.6 Å². The second-order valence-corrected chi connectivity index (χ2v) is 3.75. The molecule has 4 nitrogen and oxygen atoms in total. The topological polar surface area (TPSA) is 35.6 Å². The predicted molar refractivity (Wildman–Crippen MR) is 61.2 cm³/mol. The zero-order valence-electron chi connectivity index (χ0n) is 9.29. The third-order valence-electron chi connectivity index (χ3n) is 2.61. The molecule has 0 aliphatic heterocycles. The van der Waals surface area contributed by atoms with Crippen molar-refractivity contribution in [3.05, 3.63) is 11.5 Å². The number of rotatable bonds is 3. The van der Waals surface area contributed by atoms with Crippen molar-refractivity contribution < 1.29 is 0 Å². The number of imidazole rings is 1. The Bertz CT molecular complexity index is 483. The Balaban J connectivity index is 2.78. The van der Waals surface area contributed by atoms with Gasteiger partial charge in [-0.25, -0.2) is 9.67 Å². The number of hydrogen-bond donors (Lipinski definition) is 0. The van der Waals surface area contributed by atoms with Gasteiger partial charge in [0.2, 0.25) is 0 Å². The van der Waals surface area contributed by atoms with E-state index in [9.17, 15) is 0 Å². The molecule has 0 saturated heterocycles. The smallest absolute Gasteiger partial charge is 0.158 e. The summed E-state index contributed by atoms with van der Waals surface area (Å²) in [6, 6.07) is 0. The summed E-state index contributed by atoms with van der Waals surface area (Å²) in [6.07, 6.45) is 0. The van der Waals surface area contributed by atoms with Gasteiger partial charge in [-0.3, -0.25) is 0 Å². The van der Waals surface area contributed by atoms with E-state index in [2.05, 4.69) is 28.5 Å². The van der Waals surface area contributed by atoms with Crippen LogP contribution < -0.4 is 0 Å². The van der Waals surface area contributed by atoms with E-state index in [1.165, 1.54) is 0 Å². The molecule has 5 heteroatoms. The minimum absolute atomic E-state index is 0.450. The standard InChI is InChI=1S/C10H15ClN4/c1-4-14-8(6-11)12-9-7(3)13-15(5-2)10(9)14/h4-6H2,1-3H3. The molecule has 0 aliphatic carbocycles. The molecule has 0 radical (unpaired) electrons. The highest BCUT2D eigenvalue weighted by Gasteiger charge is 2.16. The lowest BCUT2D eigenvalue weighted by Crippen LogP contribution is -2.06. The Morgan fingerprint density at radius 3 is 2.53 bits per heavy atom. The van der Waals surface area contributed by atoms with Crippen molar-refractivity contribution in [2.75, 3.05) is 0 Å². The summed E-state index contributed by atoms with van der Waals surface area (Å²) in [7, 11) is 0. The summed E-state index contributed by atoms with van der Waals surface area (Å²) in [5.41, 5.74) is 3.05. The Labute approximate surface area is 93.9 Å². The van der Waals surface area contributed by atoms with Crippen LogP contribution >= 0.6 is 11.6 Å². The van der Waals surface area contributed by atoms with Crippen LogP contribution in [0.4, 0.5) is 0 Å². The average Bonchev–Trinajstić information content (AvgIpc) is 2.76. The van der Waals surface area contributed by atoms with E-state index in [-0.39, 0.29) is 0 Å². The first kappa shape index (κ1) is 10.5. The minimum atomic E-state index is 0.450. The molecule has 0 N–H and O–H groups in total. The predicted octanol–water partition coefficient (Wildman–Crippen LogP) is 2.32. The largest absolute Gasteiger partial charge is 0.312 e. The Kier molecular flexibility index (Phi) is 2.69. The lowest BCUT2D eigenvalue weighted by Gasteiger charge is -2.05. The van der Waals surface area contributed by atoms with Gasteiger partial charge in [0.15, 0.2) is 5.65 Å². The molecule has 82 valence electrons. The van der Waals surface area contributed by atoms with E-state index >= 15 is 0 Å². The lowest BCUT2D eigenvalue weighted by atomic mass is 10.4. The van der Waals surface area contributed by atoms with Crippen molar-refractivity contribution in [2.24, 2.45) is 0 Å². The SMILES string of the molecule is CCn1nc(C)c2nc(CCl)n(CC)c21. The molecule has 0 spiro atoms. The van der Waals surface area contributed by atoms with Crippen LogP contribution in [0.15, 0.2) is 0 Å². The lowest BCUT2D eigenvalue weighted by molar-refractivity contribution is 0.632. The normalized spacial score (nSPS) is 11.5. The van der Waals surface area contributed by atoms with Gasteiger partial charge in [-0.05, 0) is 20.8 Å². The van der Waals surface area contributed by atoms with E-state index < -0.39 is 0 Å². The molecule has 0 unspecified atom stereocenters. The second kappa shape index (κ2) is 3.85. The molecular weight excluding hydrogens is 212 g/mol. The first-order chi connectivity index (χ1) is 7.22. The van der Waals surface area contributed by atoms with Gasteiger partial charge in [-0.1, -0.05) is 0 Å². The van der Waals surface area contributed by atoms with Gasteiger partial charge in [-0.15, -0.1) is 11.6 Å². The molecule has 0 fully saturated rings. The van der Waals surface area contributed by atoms with Crippen LogP contribution in [0.25, 0.3) is 11.2 Å². The fourth-order valence-electron chi connectivity index (χ4n) is 1.92. The number of halogens is 1. The van der Waals surface area contributed by atoms with Crippen molar-refractivity contribution in [2.45, 2.75) is 39.7 Å². The number of nitrogens with zero attached hydrogens (tertiary/aromatic N) is 4. The van der Waals surface area contributed by atoms with Crippen LogP contribution in [0.1, 0.15) is 25.4 Å². The Hall–Kier alpha value is -1.03. The fraction of sp³-hybridized carbons (Fsp3) is 0.600. The molecule has 2 aromatic rings. The molecule has 0 amide bonds. The van der Waals surface area contributed by atoms with E-state index in [0.717, 1.165) is 35.8 Å². The molecule has 15 heavy (non-hydrogen) atoms. The monoisotopic (exact) mass is 226 g/mol. The quantitative estimate of drug-likeness (QED) is 0.753. The molecule has 0 aliphatic rings. The molecule has 0 atom stereocenters. The first-order valence-corrected chi connectivity index (χ1v) is 5.74. The summed E-state index contributed by atoms with van der Waals surface area (Å²) in [5.74, 6) is 1.38. The van der Waals surface area contributed by atoms with Gasteiger partial charge >= 0.3 is 0 Å². The van der Waals surface area contributed by atoms with Crippen LogP contribution in [-0.4, -0.2) is 19.3 Å². The van der Waals surface area contributed by atoms with Gasteiger partial charge in [-0.2, -0.15) is 5.10 Å². The number of alkyl halides is 1. The highest BCUT2D eigenvalue weighted by molar-refractivity contribution is 6.16. The summed E-state index contributed by atoms with van der Waals surface area (Å²) in [4.78, 5) is 4.52. The van der Waals surface area contributed by atoms with E-state index in [0.29, 0.717) is 5.88 Å². The van der Waals surface area contributed by atoms with Gasteiger partial charge in [0.25, 0.3) is 0 Å². The number of hydrogen-bond acceptors (Lipinski definition) is 2. The highest BCUT2D eigenvalue weighted by Crippen LogP contribution is 2.20. The summed E-state index contributed by atoms with van der Waals surface area (Å²) >= 11 is 5.87. The number of fused-ring (bicyclic) bond motifs is 1. The summed E-state index contributed by atoms with van der Waals surface area (Å²) in [5, 5.41) is 4.44. The minimum Gasteiger partial charge on any atom is -0.312 e. The van der Waals surface area contributed by atoms with Crippen LogP contribution in [-0.2, 0) is 19.0 Å². The van der Waals surface area contributed by atoms with Crippen LogP contribution in [0, 0.1) is 6.92 Å². The molecular formula is C10H15ClN4. The van der Waals surface area contributed by atoms with Crippen molar-refractivity contribution in [1.82, 2.24) is 19.3 Å². The van der Waals surface area contributed by atoms with Crippen LogP contribution in [0.2, 0.25) is 0 Å². The van der Waals surface area contributed by atoms with Crippen molar-refractivity contribution in [3.63, 3.8) is 0 Å². The third kappa shape index (κ3) is 1.44. The van der Waals surface area contributed by atoms with Crippen molar-refractivity contribution >= 4 is 22.8 Å². The van der Waals surface area contributed by atoms with Gasteiger partial charge in [0, 0.05) is 13.1 Å². The first-order valence-electron chi connectivity index (χ1n) is 5.21. The fourth-order valence-corrected chi connectivity index (χ4v) is 2.13. The maximum Gasteiger partial charge on any atom is 0.158 e. The van der Waals surface area contributed by atoms with Gasteiger partial charge in [0.05, 0.1) is 11.6 Å². The van der Waals surface area contributed by atoms with Crippen molar-refractivity contribution in [3.8, 4) is 0 Å². The number of aryl methyl sites for hydroxylation is 3. The zero-order chi connectivity index (χ0) is 11.0. The highest BCUT2D eigenvalue weighted by atomic mass is 35.5.